The van der Waals surface area contributed by atoms with Crippen molar-refractivity contribution >= 4 is 27.5 Å². The molecule has 39 heavy (non-hydrogen) atoms. The standard InChI is InChI=1S/C31H37N3O4S/c1-25(31(36)32-27-16-8-3-9-17-27)33(23-22-26-14-6-2-7-15-26)30(35)24-34(28-18-10-4-11-19-28)39(37,38)29-20-12-5-13-21-29/h2,4-7,10-15,18-21,25,27H,3,8-9,16-17,22-24H2,1H3,(H,32,36). The van der Waals surface area contributed by atoms with Gasteiger partial charge in [-0.15, -0.1) is 0 Å². The van der Waals surface area contributed by atoms with Gasteiger partial charge in [0.15, 0.2) is 0 Å². The van der Waals surface area contributed by atoms with E-state index >= 15 is 0 Å². The number of para-hydroxylation sites is 1. The van der Waals surface area contributed by atoms with E-state index in [2.05, 4.69) is 5.32 Å². The van der Waals surface area contributed by atoms with Crippen molar-refractivity contribution < 1.29 is 18.0 Å². The summed E-state index contributed by atoms with van der Waals surface area (Å²) < 4.78 is 28.6. The Labute approximate surface area is 231 Å². The van der Waals surface area contributed by atoms with E-state index in [1.54, 1.807) is 55.5 Å². The molecule has 2 amide bonds. The van der Waals surface area contributed by atoms with Crippen LogP contribution in [0.2, 0.25) is 0 Å². The zero-order valence-electron chi connectivity index (χ0n) is 22.4. The zero-order chi connectivity index (χ0) is 27.7. The zero-order valence-corrected chi connectivity index (χ0v) is 23.2. The van der Waals surface area contributed by atoms with E-state index in [-0.39, 0.29) is 23.4 Å². The molecule has 0 heterocycles. The highest BCUT2D eigenvalue weighted by molar-refractivity contribution is 7.92. The predicted octanol–water partition coefficient (Wildman–Crippen LogP) is 4.79. The van der Waals surface area contributed by atoms with Gasteiger partial charge in [0.1, 0.15) is 12.6 Å². The van der Waals surface area contributed by atoms with E-state index in [1.165, 1.54) is 23.5 Å². The summed E-state index contributed by atoms with van der Waals surface area (Å²) in [5.41, 5.74) is 1.42. The van der Waals surface area contributed by atoms with E-state index < -0.39 is 28.5 Å². The highest BCUT2D eigenvalue weighted by atomic mass is 32.2. The molecule has 0 bridgehead atoms. The average molecular weight is 548 g/mol. The van der Waals surface area contributed by atoms with Crippen LogP contribution in [0, 0.1) is 0 Å². The van der Waals surface area contributed by atoms with Gasteiger partial charge in [-0.2, -0.15) is 0 Å². The van der Waals surface area contributed by atoms with Gasteiger partial charge in [-0.05, 0) is 56.0 Å². The molecule has 3 aromatic rings. The minimum atomic E-state index is -4.03. The van der Waals surface area contributed by atoms with Gasteiger partial charge >= 0.3 is 0 Å². The van der Waals surface area contributed by atoms with E-state index in [1.807, 2.05) is 30.3 Å². The molecule has 0 aliphatic heterocycles. The summed E-state index contributed by atoms with van der Waals surface area (Å²) in [7, 11) is -4.03. The van der Waals surface area contributed by atoms with Gasteiger partial charge in [0.05, 0.1) is 10.6 Å². The number of sulfonamides is 1. The van der Waals surface area contributed by atoms with Crippen LogP contribution in [0.15, 0.2) is 95.9 Å². The fourth-order valence-electron chi connectivity index (χ4n) is 4.98. The number of carbonyl (C=O) groups excluding carboxylic acids is 2. The number of carbonyl (C=O) groups is 2. The molecule has 1 atom stereocenters. The molecular weight excluding hydrogens is 510 g/mol. The Balaban J connectivity index is 1.60. The molecule has 7 nitrogen and oxygen atoms in total. The van der Waals surface area contributed by atoms with Crippen molar-refractivity contribution in [3.8, 4) is 0 Å². The van der Waals surface area contributed by atoms with E-state index in [0.29, 0.717) is 12.1 Å². The summed E-state index contributed by atoms with van der Waals surface area (Å²) in [6, 6.07) is 25.8. The molecule has 1 unspecified atom stereocenters. The van der Waals surface area contributed by atoms with Gasteiger partial charge in [-0.3, -0.25) is 13.9 Å². The van der Waals surface area contributed by atoms with Crippen LogP contribution in [-0.2, 0) is 26.0 Å². The van der Waals surface area contributed by atoms with Crippen molar-refractivity contribution in [2.45, 2.75) is 62.4 Å². The molecule has 1 N–H and O–H groups in total. The number of rotatable bonds is 11. The highest BCUT2D eigenvalue weighted by Crippen LogP contribution is 2.24. The van der Waals surface area contributed by atoms with Crippen molar-refractivity contribution in [3.63, 3.8) is 0 Å². The molecule has 0 radical (unpaired) electrons. The van der Waals surface area contributed by atoms with Gasteiger partial charge in [0.25, 0.3) is 10.0 Å². The molecule has 0 saturated heterocycles. The molecule has 0 spiro atoms. The van der Waals surface area contributed by atoms with Crippen molar-refractivity contribution in [1.29, 1.82) is 0 Å². The lowest BCUT2D eigenvalue weighted by Crippen LogP contribution is -2.53. The lowest BCUT2D eigenvalue weighted by molar-refractivity contribution is -0.139. The van der Waals surface area contributed by atoms with Gasteiger partial charge in [-0.1, -0.05) is 86.0 Å². The maximum atomic E-state index is 13.9. The van der Waals surface area contributed by atoms with E-state index in [0.717, 1.165) is 35.6 Å². The van der Waals surface area contributed by atoms with E-state index in [4.69, 9.17) is 0 Å². The Bertz CT molecular complexity index is 1310. The summed E-state index contributed by atoms with van der Waals surface area (Å²) in [4.78, 5) is 28.8. The Morgan fingerprint density at radius 2 is 1.41 bits per heavy atom. The molecule has 0 aromatic heterocycles. The minimum Gasteiger partial charge on any atom is -0.352 e. The Morgan fingerprint density at radius 1 is 0.846 bits per heavy atom. The first-order valence-electron chi connectivity index (χ1n) is 13.6. The summed E-state index contributed by atoms with van der Waals surface area (Å²) in [6.07, 6.45) is 5.76. The fraction of sp³-hybridized carbons (Fsp3) is 0.355. The van der Waals surface area contributed by atoms with Crippen molar-refractivity contribution in [2.24, 2.45) is 0 Å². The van der Waals surface area contributed by atoms with Crippen LogP contribution in [0.3, 0.4) is 0 Å². The number of nitrogens with one attached hydrogen (secondary N) is 1. The van der Waals surface area contributed by atoms with Crippen LogP contribution in [0.1, 0.15) is 44.6 Å². The number of benzene rings is 3. The molecule has 1 aliphatic rings. The first kappa shape index (κ1) is 28.4. The van der Waals surface area contributed by atoms with Crippen LogP contribution >= 0.6 is 0 Å². The molecule has 8 heteroatoms. The van der Waals surface area contributed by atoms with Gasteiger partial charge in [-0.25, -0.2) is 8.42 Å². The highest BCUT2D eigenvalue weighted by Gasteiger charge is 2.32. The molecule has 1 saturated carbocycles. The summed E-state index contributed by atoms with van der Waals surface area (Å²) in [5.74, 6) is -0.638. The summed E-state index contributed by atoms with van der Waals surface area (Å²) >= 11 is 0. The maximum absolute atomic E-state index is 13.9. The van der Waals surface area contributed by atoms with Crippen molar-refractivity contribution in [1.82, 2.24) is 10.2 Å². The fourth-order valence-corrected chi connectivity index (χ4v) is 6.42. The number of anilines is 1. The van der Waals surface area contributed by atoms with Gasteiger partial charge in [0, 0.05) is 12.6 Å². The van der Waals surface area contributed by atoms with Crippen molar-refractivity contribution in [2.75, 3.05) is 17.4 Å². The van der Waals surface area contributed by atoms with Crippen molar-refractivity contribution in [3.05, 3.63) is 96.6 Å². The third kappa shape index (κ3) is 7.47. The second-order valence-corrected chi connectivity index (χ2v) is 11.9. The third-order valence-electron chi connectivity index (χ3n) is 7.26. The number of amides is 2. The molecule has 3 aromatic carbocycles. The van der Waals surface area contributed by atoms with E-state index in [9.17, 15) is 18.0 Å². The second-order valence-electron chi connectivity index (χ2n) is 10.0. The van der Waals surface area contributed by atoms with Crippen LogP contribution in [0.25, 0.3) is 0 Å². The van der Waals surface area contributed by atoms with Gasteiger partial charge in [0.2, 0.25) is 11.8 Å². The Morgan fingerprint density at radius 3 is 2.03 bits per heavy atom. The number of hydrogen-bond donors (Lipinski definition) is 1. The van der Waals surface area contributed by atoms with Crippen LogP contribution in [0.4, 0.5) is 5.69 Å². The molecule has 4 rings (SSSR count). The first-order chi connectivity index (χ1) is 18.9. The Hall–Kier alpha value is -3.65. The monoisotopic (exact) mass is 547 g/mol. The quantitative estimate of drug-likeness (QED) is 0.374. The topological polar surface area (TPSA) is 86.8 Å². The third-order valence-corrected chi connectivity index (χ3v) is 9.05. The summed E-state index contributed by atoms with van der Waals surface area (Å²) in [6.45, 7) is 1.59. The number of nitrogens with zero attached hydrogens (tertiary/aromatic N) is 2. The SMILES string of the molecule is CC(C(=O)NC1CCCCC1)N(CCc1ccccc1)C(=O)CN(c1ccccc1)S(=O)(=O)c1ccccc1. The Kier molecular flexibility index (Phi) is 9.76. The average Bonchev–Trinajstić information content (AvgIpc) is 2.97. The second kappa shape index (κ2) is 13.4. The molecular formula is C31H37N3O4S. The normalized spacial score (nSPS) is 14.8. The maximum Gasteiger partial charge on any atom is 0.264 e. The van der Waals surface area contributed by atoms with Gasteiger partial charge < -0.3 is 10.2 Å². The molecule has 206 valence electrons. The van der Waals surface area contributed by atoms with Crippen LogP contribution in [0.5, 0.6) is 0 Å². The largest absolute Gasteiger partial charge is 0.352 e. The lowest BCUT2D eigenvalue weighted by atomic mass is 9.95. The smallest absolute Gasteiger partial charge is 0.264 e. The molecule has 1 fully saturated rings. The predicted molar refractivity (Wildman–Crippen MR) is 154 cm³/mol. The van der Waals surface area contributed by atoms with Crippen LogP contribution in [-0.4, -0.2) is 50.3 Å². The minimum absolute atomic E-state index is 0.0978. The lowest BCUT2D eigenvalue weighted by Gasteiger charge is -2.33. The number of hydrogen-bond acceptors (Lipinski definition) is 4. The summed E-state index contributed by atoms with van der Waals surface area (Å²) in [5, 5.41) is 3.13. The molecule has 1 aliphatic carbocycles. The van der Waals surface area contributed by atoms with Crippen LogP contribution < -0.4 is 9.62 Å². The first-order valence-corrected chi connectivity index (χ1v) is 15.1.